The molecule has 0 unspecified atom stereocenters. The standard InChI is InChI=1S/C27H22ClN3O5/c1-3-36-22-12-10-21(11-13-22)31-26(34)23(28)24(27(31)35)29-19-8-5-7-18(15-19)25(33)30-20-9-4-6-17(14-20)16(2)32/h4-15,29H,3H2,1-2H3,(H,30,33). The van der Waals surface area contributed by atoms with Crippen LogP contribution in [0.15, 0.2) is 83.5 Å². The van der Waals surface area contributed by atoms with Crippen molar-refractivity contribution in [2.75, 3.05) is 22.1 Å². The Bertz CT molecular complexity index is 1400. The van der Waals surface area contributed by atoms with Crippen LogP contribution in [0.2, 0.25) is 0 Å². The lowest BCUT2D eigenvalue weighted by Gasteiger charge is -2.16. The van der Waals surface area contributed by atoms with Crippen molar-refractivity contribution in [3.63, 3.8) is 0 Å². The highest BCUT2D eigenvalue weighted by molar-refractivity contribution is 6.53. The fourth-order valence-corrected chi connectivity index (χ4v) is 3.82. The van der Waals surface area contributed by atoms with E-state index in [-0.39, 0.29) is 16.5 Å². The molecule has 3 aromatic carbocycles. The highest BCUT2D eigenvalue weighted by atomic mass is 35.5. The fourth-order valence-electron chi connectivity index (χ4n) is 3.61. The Labute approximate surface area is 212 Å². The van der Waals surface area contributed by atoms with Gasteiger partial charge in [-0.1, -0.05) is 29.8 Å². The molecule has 182 valence electrons. The lowest BCUT2D eigenvalue weighted by atomic mass is 10.1. The Balaban J connectivity index is 1.51. The van der Waals surface area contributed by atoms with E-state index in [1.165, 1.54) is 13.0 Å². The number of hydrogen-bond acceptors (Lipinski definition) is 6. The average molecular weight is 504 g/mol. The van der Waals surface area contributed by atoms with Crippen molar-refractivity contribution in [1.29, 1.82) is 0 Å². The lowest BCUT2D eigenvalue weighted by Crippen LogP contribution is -2.32. The summed E-state index contributed by atoms with van der Waals surface area (Å²) < 4.78 is 5.40. The van der Waals surface area contributed by atoms with Gasteiger partial charge in [0.05, 0.1) is 12.3 Å². The van der Waals surface area contributed by atoms with Crippen molar-refractivity contribution in [2.45, 2.75) is 13.8 Å². The zero-order chi connectivity index (χ0) is 25.8. The van der Waals surface area contributed by atoms with Gasteiger partial charge in [0, 0.05) is 22.5 Å². The molecule has 0 aromatic heterocycles. The average Bonchev–Trinajstić information content (AvgIpc) is 3.08. The molecule has 0 bridgehead atoms. The third kappa shape index (κ3) is 5.13. The summed E-state index contributed by atoms with van der Waals surface area (Å²) in [6, 6.07) is 19.5. The molecule has 1 aliphatic heterocycles. The number of Topliss-reactive ketones (excluding diaryl/α,β-unsaturated/α-hetero) is 1. The summed E-state index contributed by atoms with van der Waals surface area (Å²) in [4.78, 5) is 51.1. The number of nitrogens with one attached hydrogen (secondary N) is 2. The highest BCUT2D eigenvalue weighted by Gasteiger charge is 2.39. The molecule has 36 heavy (non-hydrogen) atoms. The molecule has 0 saturated carbocycles. The molecule has 0 aliphatic carbocycles. The molecule has 4 rings (SSSR count). The van der Waals surface area contributed by atoms with Gasteiger partial charge in [-0.05, 0) is 68.4 Å². The van der Waals surface area contributed by atoms with E-state index < -0.39 is 17.7 Å². The number of ether oxygens (including phenoxy) is 1. The van der Waals surface area contributed by atoms with Crippen LogP contribution in [-0.4, -0.2) is 30.1 Å². The third-order valence-corrected chi connectivity index (χ3v) is 5.70. The van der Waals surface area contributed by atoms with Crippen LogP contribution in [0.3, 0.4) is 0 Å². The van der Waals surface area contributed by atoms with Gasteiger partial charge in [-0.25, -0.2) is 4.90 Å². The SMILES string of the molecule is CCOc1ccc(N2C(=O)C(Cl)=C(Nc3cccc(C(=O)Nc4cccc(C(C)=O)c4)c3)C2=O)cc1. The molecule has 1 heterocycles. The zero-order valence-corrected chi connectivity index (χ0v) is 20.3. The molecule has 1 aliphatic rings. The molecule has 0 radical (unpaired) electrons. The normalized spacial score (nSPS) is 13.1. The number of carbonyl (C=O) groups excluding carboxylic acids is 4. The maximum atomic E-state index is 13.1. The molecule has 3 amide bonds. The van der Waals surface area contributed by atoms with Crippen LogP contribution < -0.4 is 20.3 Å². The zero-order valence-electron chi connectivity index (χ0n) is 19.5. The maximum Gasteiger partial charge on any atom is 0.283 e. The Morgan fingerprint density at radius 2 is 1.53 bits per heavy atom. The maximum absolute atomic E-state index is 13.1. The molecule has 9 heteroatoms. The van der Waals surface area contributed by atoms with Crippen LogP contribution in [0.25, 0.3) is 0 Å². The van der Waals surface area contributed by atoms with Gasteiger partial charge in [0.25, 0.3) is 17.7 Å². The predicted molar refractivity (Wildman–Crippen MR) is 137 cm³/mol. The number of imide groups is 1. The first kappa shape index (κ1) is 24.7. The number of rotatable bonds is 8. The van der Waals surface area contributed by atoms with Crippen LogP contribution in [0.1, 0.15) is 34.6 Å². The number of carbonyl (C=O) groups is 4. The molecular formula is C27H22ClN3O5. The lowest BCUT2D eigenvalue weighted by molar-refractivity contribution is -0.120. The first-order valence-electron chi connectivity index (χ1n) is 11.1. The number of amides is 3. The molecule has 0 fully saturated rings. The van der Waals surface area contributed by atoms with E-state index in [2.05, 4.69) is 10.6 Å². The molecule has 3 aromatic rings. The van der Waals surface area contributed by atoms with Gasteiger partial charge in [0.2, 0.25) is 0 Å². The monoisotopic (exact) mass is 503 g/mol. The van der Waals surface area contributed by atoms with E-state index >= 15 is 0 Å². The highest BCUT2D eigenvalue weighted by Crippen LogP contribution is 2.31. The quantitative estimate of drug-likeness (QED) is 0.332. The van der Waals surface area contributed by atoms with Gasteiger partial charge < -0.3 is 15.4 Å². The molecular weight excluding hydrogens is 482 g/mol. The summed E-state index contributed by atoms with van der Waals surface area (Å²) >= 11 is 6.22. The van der Waals surface area contributed by atoms with Gasteiger partial charge >= 0.3 is 0 Å². The number of ketones is 1. The Morgan fingerprint density at radius 3 is 2.19 bits per heavy atom. The third-order valence-electron chi connectivity index (χ3n) is 5.35. The van der Waals surface area contributed by atoms with Gasteiger partial charge in [-0.2, -0.15) is 0 Å². The van der Waals surface area contributed by atoms with E-state index in [4.69, 9.17) is 16.3 Å². The Hall–Kier alpha value is -4.43. The largest absolute Gasteiger partial charge is 0.494 e. The minimum Gasteiger partial charge on any atom is -0.494 e. The summed E-state index contributed by atoms with van der Waals surface area (Å²) in [5.41, 5.74) is 1.89. The van der Waals surface area contributed by atoms with E-state index in [1.54, 1.807) is 66.7 Å². The van der Waals surface area contributed by atoms with Crippen LogP contribution in [-0.2, 0) is 9.59 Å². The number of benzene rings is 3. The summed E-state index contributed by atoms with van der Waals surface area (Å²) in [6.45, 7) is 3.79. The number of anilines is 3. The van der Waals surface area contributed by atoms with E-state index in [0.29, 0.717) is 40.5 Å². The van der Waals surface area contributed by atoms with Gasteiger partial charge in [0.1, 0.15) is 16.5 Å². The molecule has 8 nitrogen and oxygen atoms in total. The van der Waals surface area contributed by atoms with Crippen molar-refractivity contribution >= 4 is 52.2 Å². The smallest absolute Gasteiger partial charge is 0.283 e. The fraction of sp³-hybridized carbons (Fsp3) is 0.111. The topological polar surface area (TPSA) is 105 Å². The molecule has 2 N–H and O–H groups in total. The Kier molecular flexibility index (Phi) is 7.17. The van der Waals surface area contributed by atoms with Gasteiger partial charge in [0.15, 0.2) is 5.78 Å². The van der Waals surface area contributed by atoms with Crippen LogP contribution >= 0.6 is 11.6 Å². The second-order valence-electron chi connectivity index (χ2n) is 7.86. The second kappa shape index (κ2) is 10.5. The molecule has 0 atom stereocenters. The Morgan fingerprint density at radius 1 is 0.889 bits per heavy atom. The minimum atomic E-state index is -0.660. The predicted octanol–water partition coefficient (Wildman–Crippen LogP) is 4.98. The number of halogens is 1. The van der Waals surface area contributed by atoms with Crippen LogP contribution in [0.4, 0.5) is 17.1 Å². The summed E-state index contributed by atoms with van der Waals surface area (Å²) in [5, 5.41) is 5.36. The first-order chi connectivity index (χ1) is 17.3. The number of nitrogens with zero attached hydrogens (tertiary/aromatic N) is 1. The van der Waals surface area contributed by atoms with E-state index in [1.807, 2.05) is 6.92 Å². The van der Waals surface area contributed by atoms with Crippen molar-refractivity contribution in [1.82, 2.24) is 0 Å². The minimum absolute atomic E-state index is 0.0951. The second-order valence-corrected chi connectivity index (χ2v) is 8.24. The number of hydrogen-bond donors (Lipinski definition) is 2. The summed E-state index contributed by atoms with van der Waals surface area (Å²) in [7, 11) is 0. The van der Waals surface area contributed by atoms with Crippen LogP contribution in [0.5, 0.6) is 5.75 Å². The summed E-state index contributed by atoms with van der Waals surface area (Å²) in [6.07, 6.45) is 0. The van der Waals surface area contributed by atoms with E-state index in [9.17, 15) is 19.2 Å². The summed E-state index contributed by atoms with van der Waals surface area (Å²) in [5.74, 6) is -1.19. The van der Waals surface area contributed by atoms with Crippen molar-refractivity contribution in [3.05, 3.63) is 94.7 Å². The van der Waals surface area contributed by atoms with Crippen molar-refractivity contribution < 1.29 is 23.9 Å². The van der Waals surface area contributed by atoms with Gasteiger partial charge in [-0.3, -0.25) is 19.2 Å². The van der Waals surface area contributed by atoms with Crippen molar-refractivity contribution in [3.8, 4) is 5.75 Å². The van der Waals surface area contributed by atoms with Crippen LogP contribution in [0, 0.1) is 0 Å². The molecule has 0 spiro atoms. The van der Waals surface area contributed by atoms with E-state index in [0.717, 1.165) is 4.90 Å². The van der Waals surface area contributed by atoms with Crippen molar-refractivity contribution in [2.24, 2.45) is 0 Å². The first-order valence-corrected chi connectivity index (χ1v) is 11.5. The molecule has 0 saturated heterocycles. The van der Waals surface area contributed by atoms with Gasteiger partial charge in [-0.15, -0.1) is 0 Å².